The highest BCUT2D eigenvalue weighted by molar-refractivity contribution is 7.84. The van der Waals surface area contributed by atoms with Crippen LogP contribution in [0.5, 0.6) is 0 Å². The third kappa shape index (κ3) is 5.73. The van der Waals surface area contributed by atoms with Crippen molar-refractivity contribution in [1.29, 1.82) is 0 Å². The predicted octanol–water partition coefficient (Wildman–Crippen LogP) is 0.892. The third-order valence-corrected chi connectivity index (χ3v) is 4.00. The highest BCUT2D eigenvalue weighted by atomic mass is 32.2. The van der Waals surface area contributed by atoms with E-state index in [1.165, 1.54) is 0 Å². The summed E-state index contributed by atoms with van der Waals surface area (Å²) in [6.45, 7) is 8.30. The summed E-state index contributed by atoms with van der Waals surface area (Å²) >= 11 is 0. The van der Waals surface area contributed by atoms with Crippen molar-refractivity contribution in [3.8, 4) is 0 Å². The Kier molecular flexibility index (Phi) is 5.86. The Morgan fingerprint density at radius 3 is 2.29 bits per heavy atom. The van der Waals surface area contributed by atoms with Crippen LogP contribution in [0.25, 0.3) is 0 Å². The molecule has 0 aliphatic rings. The van der Waals surface area contributed by atoms with Crippen molar-refractivity contribution in [2.75, 3.05) is 12.8 Å². The van der Waals surface area contributed by atoms with E-state index in [2.05, 4.69) is 5.32 Å². The zero-order valence-electron chi connectivity index (χ0n) is 9.83. The SMILES string of the molecule is CC(CCNC(C)C(C)(C)O)S(C)=O. The standard InChI is InChI=1S/C10H23NO2S/c1-8(14(5)13)6-7-11-9(2)10(3,4)12/h8-9,11-12H,6-7H2,1-5H3. The van der Waals surface area contributed by atoms with Gasteiger partial charge in [0.15, 0.2) is 0 Å². The Bertz CT molecular complexity index is 189. The van der Waals surface area contributed by atoms with Crippen molar-refractivity contribution < 1.29 is 9.32 Å². The van der Waals surface area contributed by atoms with Crippen LogP contribution in [0.15, 0.2) is 0 Å². The second kappa shape index (κ2) is 5.83. The number of rotatable bonds is 6. The molecule has 0 heterocycles. The fourth-order valence-corrected chi connectivity index (χ4v) is 1.37. The molecule has 0 aromatic carbocycles. The van der Waals surface area contributed by atoms with Gasteiger partial charge in [-0.05, 0) is 33.7 Å². The lowest BCUT2D eigenvalue weighted by molar-refractivity contribution is 0.0444. The molecule has 0 aromatic heterocycles. The van der Waals surface area contributed by atoms with Gasteiger partial charge < -0.3 is 10.4 Å². The average molecular weight is 221 g/mol. The highest BCUT2D eigenvalue weighted by Gasteiger charge is 2.21. The Balaban J connectivity index is 3.70. The molecule has 0 rings (SSSR count). The van der Waals surface area contributed by atoms with Crippen LogP contribution in [0.2, 0.25) is 0 Å². The minimum absolute atomic E-state index is 0.0555. The summed E-state index contributed by atoms with van der Waals surface area (Å²) in [5, 5.41) is 13.1. The maximum Gasteiger partial charge on any atom is 0.0741 e. The van der Waals surface area contributed by atoms with Gasteiger partial charge in [0.05, 0.1) is 5.60 Å². The summed E-state index contributed by atoms with van der Waals surface area (Å²) in [7, 11) is -0.749. The van der Waals surface area contributed by atoms with E-state index < -0.39 is 16.4 Å². The van der Waals surface area contributed by atoms with Crippen LogP contribution < -0.4 is 5.32 Å². The van der Waals surface area contributed by atoms with E-state index >= 15 is 0 Å². The van der Waals surface area contributed by atoms with E-state index in [9.17, 15) is 9.32 Å². The molecule has 4 heteroatoms. The quantitative estimate of drug-likeness (QED) is 0.700. The molecule has 0 fully saturated rings. The molecule has 3 nitrogen and oxygen atoms in total. The molecule has 0 aromatic rings. The van der Waals surface area contributed by atoms with Crippen LogP contribution in [0.1, 0.15) is 34.1 Å². The molecule has 0 bridgehead atoms. The fourth-order valence-electron chi connectivity index (χ4n) is 0.919. The van der Waals surface area contributed by atoms with Crippen LogP contribution >= 0.6 is 0 Å². The number of nitrogens with one attached hydrogen (secondary N) is 1. The smallest absolute Gasteiger partial charge is 0.0741 e. The van der Waals surface area contributed by atoms with Gasteiger partial charge in [-0.3, -0.25) is 4.21 Å². The molecule has 3 unspecified atom stereocenters. The number of aliphatic hydroxyl groups is 1. The van der Waals surface area contributed by atoms with Gasteiger partial charge in [0.2, 0.25) is 0 Å². The molecule has 0 spiro atoms. The Morgan fingerprint density at radius 1 is 1.43 bits per heavy atom. The van der Waals surface area contributed by atoms with Crippen molar-refractivity contribution >= 4 is 10.8 Å². The fraction of sp³-hybridized carbons (Fsp3) is 1.00. The second-order valence-corrected chi connectivity index (χ2v) is 6.23. The molecule has 14 heavy (non-hydrogen) atoms. The third-order valence-electron chi connectivity index (χ3n) is 2.63. The normalized spacial score (nSPS) is 19.0. The summed E-state index contributed by atoms with van der Waals surface area (Å²) in [6, 6.07) is 0.0555. The van der Waals surface area contributed by atoms with Gasteiger partial charge in [-0.1, -0.05) is 6.92 Å². The summed E-state index contributed by atoms with van der Waals surface area (Å²) < 4.78 is 11.1. The van der Waals surface area contributed by atoms with Gasteiger partial charge in [0.25, 0.3) is 0 Å². The van der Waals surface area contributed by atoms with Crippen LogP contribution in [-0.4, -0.2) is 39.0 Å². The minimum Gasteiger partial charge on any atom is -0.389 e. The summed E-state index contributed by atoms with van der Waals surface area (Å²) in [4.78, 5) is 0. The van der Waals surface area contributed by atoms with Crippen molar-refractivity contribution in [3.63, 3.8) is 0 Å². The lowest BCUT2D eigenvalue weighted by Gasteiger charge is -2.27. The molecule has 0 aliphatic carbocycles. The van der Waals surface area contributed by atoms with E-state index in [0.29, 0.717) is 0 Å². The Labute approximate surface area is 89.7 Å². The lowest BCUT2D eigenvalue weighted by atomic mass is 10.0. The molecule has 0 aliphatic heterocycles. The monoisotopic (exact) mass is 221 g/mol. The maximum atomic E-state index is 11.1. The number of hydrogen-bond acceptors (Lipinski definition) is 3. The van der Waals surface area contributed by atoms with Gasteiger partial charge in [0, 0.05) is 28.3 Å². The van der Waals surface area contributed by atoms with Gasteiger partial charge >= 0.3 is 0 Å². The zero-order chi connectivity index (χ0) is 11.4. The average Bonchev–Trinajstić information content (AvgIpc) is 2.01. The molecule has 0 amide bonds. The van der Waals surface area contributed by atoms with E-state index in [1.807, 2.05) is 13.8 Å². The molecule has 3 atom stereocenters. The predicted molar refractivity (Wildman–Crippen MR) is 61.9 cm³/mol. The van der Waals surface area contributed by atoms with Gasteiger partial charge in [0.1, 0.15) is 0 Å². The zero-order valence-corrected chi connectivity index (χ0v) is 10.6. The molecule has 0 saturated carbocycles. The first-order chi connectivity index (χ1) is 6.25. The second-order valence-electron chi connectivity index (χ2n) is 4.43. The van der Waals surface area contributed by atoms with Crippen molar-refractivity contribution in [2.24, 2.45) is 0 Å². The van der Waals surface area contributed by atoms with Crippen LogP contribution in [0, 0.1) is 0 Å². The molecule has 0 saturated heterocycles. The maximum absolute atomic E-state index is 11.1. The number of hydrogen-bond donors (Lipinski definition) is 2. The van der Waals surface area contributed by atoms with E-state index in [4.69, 9.17) is 0 Å². The molecular formula is C10H23NO2S. The Hall–Kier alpha value is 0.0700. The molecule has 2 N–H and O–H groups in total. The first-order valence-electron chi connectivity index (χ1n) is 5.03. The van der Waals surface area contributed by atoms with Crippen LogP contribution in [-0.2, 0) is 10.8 Å². The van der Waals surface area contributed by atoms with Gasteiger partial charge in [-0.25, -0.2) is 0 Å². The van der Waals surface area contributed by atoms with E-state index in [1.54, 1.807) is 20.1 Å². The van der Waals surface area contributed by atoms with Crippen LogP contribution in [0.3, 0.4) is 0 Å². The minimum atomic E-state index is -0.749. The van der Waals surface area contributed by atoms with Crippen LogP contribution in [0.4, 0.5) is 0 Å². The van der Waals surface area contributed by atoms with Crippen molar-refractivity contribution in [1.82, 2.24) is 5.32 Å². The van der Waals surface area contributed by atoms with E-state index in [0.717, 1.165) is 13.0 Å². The first-order valence-corrected chi connectivity index (χ1v) is 6.65. The lowest BCUT2D eigenvalue weighted by Crippen LogP contribution is -2.45. The van der Waals surface area contributed by atoms with Gasteiger partial charge in [-0.15, -0.1) is 0 Å². The topological polar surface area (TPSA) is 49.3 Å². The molecule has 86 valence electrons. The Morgan fingerprint density at radius 2 is 1.93 bits per heavy atom. The molecular weight excluding hydrogens is 198 g/mol. The summed E-state index contributed by atoms with van der Waals surface area (Å²) in [5.41, 5.74) is -0.700. The largest absolute Gasteiger partial charge is 0.389 e. The van der Waals surface area contributed by atoms with Crippen molar-refractivity contribution in [3.05, 3.63) is 0 Å². The first kappa shape index (κ1) is 14.1. The van der Waals surface area contributed by atoms with Crippen molar-refractivity contribution in [2.45, 2.75) is 51.0 Å². The van der Waals surface area contributed by atoms with Gasteiger partial charge in [-0.2, -0.15) is 0 Å². The summed E-state index contributed by atoms with van der Waals surface area (Å²) in [6.07, 6.45) is 2.60. The molecule has 0 radical (unpaired) electrons. The highest BCUT2D eigenvalue weighted by Crippen LogP contribution is 2.07. The van der Waals surface area contributed by atoms with E-state index in [-0.39, 0.29) is 11.3 Å². The summed E-state index contributed by atoms with van der Waals surface area (Å²) in [5.74, 6) is 0.